The SMILES string of the molecule is CC(Cc1cc(O)c(O)cc1CO)C(O)C1CCN(Cc2ccccc2)CC1. The lowest BCUT2D eigenvalue weighted by atomic mass is 9.82. The van der Waals surface area contributed by atoms with Gasteiger partial charge in [0.05, 0.1) is 12.7 Å². The molecule has 0 saturated carbocycles. The Morgan fingerprint density at radius 2 is 1.61 bits per heavy atom. The van der Waals surface area contributed by atoms with Crippen molar-refractivity contribution in [2.24, 2.45) is 11.8 Å². The van der Waals surface area contributed by atoms with Gasteiger partial charge in [0.15, 0.2) is 11.5 Å². The van der Waals surface area contributed by atoms with Crippen LogP contribution in [0, 0.1) is 11.8 Å². The van der Waals surface area contributed by atoms with Crippen molar-refractivity contribution in [1.29, 1.82) is 0 Å². The van der Waals surface area contributed by atoms with Crippen LogP contribution in [0.1, 0.15) is 36.5 Å². The van der Waals surface area contributed by atoms with Crippen LogP contribution in [0.2, 0.25) is 0 Å². The molecule has 3 rings (SSSR count). The van der Waals surface area contributed by atoms with E-state index in [1.54, 1.807) is 0 Å². The van der Waals surface area contributed by atoms with E-state index in [-0.39, 0.29) is 29.9 Å². The fraction of sp³-hybridized carbons (Fsp3) is 0.478. The van der Waals surface area contributed by atoms with Crippen molar-refractivity contribution in [2.45, 2.75) is 45.4 Å². The highest BCUT2D eigenvalue weighted by atomic mass is 16.3. The van der Waals surface area contributed by atoms with Crippen molar-refractivity contribution in [3.63, 3.8) is 0 Å². The topological polar surface area (TPSA) is 84.2 Å². The third-order valence-corrected chi connectivity index (χ3v) is 5.96. The molecule has 0 amide bonds. The first-order valence-electron chi connectivity index (χ1n) is 10.1. The third kappa shape index (κ3) is 5.04. The second-order valence-electron chi connectivity index (χ2n) is 8.04. The zero-order valence-corrected chi connectivity index (χ0v) is 16.5. The molecule has 0 aliphatic carbocycles. The number of nitrogens with zero attached hydrogens (tertiary/aromatic N) is 1. The fourth-order valence-corrected chi connectivity index (χ4v) is 4.23. The van der Waals surface area contributed by atoms with Crippen molar-refractivity contribution >= 4 is 0 Å². The minimum atomic E-state index is -0.429. The molecule has 2 atom stereocenters. The monoisotopic (exact) mass is 385 g/mol. The molecule has 4 N–H and O–H groups in total. The lowest BCUT2D eigenvalue weighted by Crippen LogP contribution is -2.39. The number of benzene rings is 2. The molecule has 28 heavy (non-hydrogen) atoms. The summed E-state index contributed by atoms with van der Waals surface area (Å²) in [5.41, 5.74) is 2.68. The Bertz CT molecular complexity index is 757. The molecule has 0 bridgehead atoms. The van der Waals surface area contributed by atoms with Gasteiger partial charge >= 0.3 is 0 Å². The summed E-state index contributed by atoms with van der Waals surface area (Å²) in [5, 5.41) is 39.8. The van der Waals surface area contributed by atoms with Gasteiger partial charge in [0, 0.05) is 6.54 Å². The standard InChI is InChI=1S/C23H31NO4/c1-16(11-19-12-21(26)22(27)13-20(19)15-25)23(28)18-7-9-24(10-8-18)14-17-5-3-2-4-6-17/h2-6,12-13,16,18,23,25-28H,7-11,14-15H2,1H3. The summed E-state index contributed by atoms with van der Waals surface area (Å²) < 4.78 is 0. The van der Waals surface area contributed by atoms with Crippen LogP contribution in [-0.2, 0) is 19.6 Å². The van der Waals surface area contributed by atoms with Gasteiger partial charge in [-0.05, 0) is 73.0 Å². The van der Waals surface area contributed by atoms with E-state index < -0.39 is 6.10 Å². The normalized spacial score (nSPS) is 18.1. The van der Waals surface area contributed by atoms with Crippen molar-refractivity contribution in [3.05, 3.63) is 59.2 Å². The van der Waals surface area contributed by atoms with Gasteiger partial charge in [-0.3, -0.25) is 4.90 Å². The number of piperidine rings is 1. The zero-order chi connectivity index (χ0) is 20.1. The summed E-state index contributed by atoms with van der Waals surface area (Å²) in [5.74, 6) is -0.167. The highest BCUT2D eigenvalue weighted by molar-refractivity contribution is 5.45. The second-order valence-corrected chi connectivity index (χ2v) is 8.04. The van der Waals surface area contributed by atoms with E-state index in [1.807, 2.05) is 13.0 Å². The minimum Gasteiger partial charge on any atom is -0.504 e. The highest BCUT2D eigenvalue weighted by Crippen LogP contribution is 2.32. The predicted octanol–water partition coefficient (Wildman–Crippen LogP) is 3.04. The van der Waals surface area contributed by atoms with Crippen LogP contribution in [0.25, 0.3) is 0 Å². The zero-order valence-electron chi connectivity index (χ0n) is 16.5. The van der Waals surface area contributed by atoms with Crippen LogP contribution >= 0.6 is 0 Å². The molecule has 2 aromatic rings. The van der Waals surface area contributed by atoms with Gasteiger partial charge in [-0.25, -0.2) is 0 Å². The van der Waals surface area contributed by atoms with Crippen molar-refractivity contribution in [1.82, 2.24) is 4.90 Å². The second kappa shape index (κ2) is 9.41. The lowest BCUT2D eigenvalue weighted by molar-refractivity contribution is 0.0216. The van der Waals surface area contributed by atoms with Crippen molar-refractivity contribution in [3.8, 4) is 11.5 Å². The van der Waals surface area contributed by atoms with Crippen molar-refractivity contribution in [2.75, 3.05) is 13.1 Å². The van der Waals surface area contributed by atoms with E-state index in [0.29, 0.717) is 12.0 Å². The average Bonchev–Trinajstić information content (AvgIpc) is 2.71. The van der Waals surface area contributed by atoms with E-state index >= 15 is 0 Å². The van der Waals surface area contributed by atoms with Gasteiger partial charge in [-0.15, -0.1) is 0 Å². The minimum absolute atomic E-state index is 0.0000776. The Morgan fingerprint density at radius 1 is 1.00 bits per heavy atom. The number of likely N-dealkylation sites (tertiary alicyclic amines) is 1. The maximum absolute atomic E-state index is 10.9. The number of rotatable bonds is 7. The summed E-state index contributed by atoms with van der Waals surface area (Å²) in [6.07, 6.45) is 2.05. The van der Waals surface area contributed by atoms with Gasteiger partial charge < -0.3 is 20.4 Å². The molecule has 1 fully saturated rings. The Labute approximate surface area is 166 Å². The van der Waals surface area contributed by atoms with Gasteiger partial charge in [0.2, 0.25) is 0 Å². The van der Waals surface area contributed by atoms with Gasteiger partial charge in [0.25, 0.3) is 0 Å². The van der Waals surface area contributed by atoms with E-state index in [0.717, 1.165) is 38.0 Å². The molecule has 5 nitrogen and oxygen atoms in total. The quantitative estimate of drug-likeness (QED) is 0.551. The Kier molecular flexibility index (Phi) is 6.94. The molecule has 1 aliphatic heterocycles. The molecular formula is C23H31NO4. The number of aromatic hydroxyl groups is 2. The summed E-state index contributed by atoms with van der Waals surface area (Å²) in [6, 6.07) is 13.3. The van der Waals surface area contributed by atoms with E-state index in [4.69, 9.17) is 0 Å². The van der Waals surface area contributed by atoms with Crippen LogP contribution in [0.3, 0.4) is 0 Å². The van der Waals surface area contributed by atoms with E-state index in [2.05, 4.69) is 29.2 Å². The molecule has 5 heteroatoms. The maximum Gasteiger partial charge on any atom is 0.157 e. The molecule has 1 saturated heterocycles. The van der Waals surface area contributed by atoms with E-state index in [1.165, 1.54) is 17.7 Å². The Hall–Kier alpha value is -2.08. The van der Waals surface area contributed by atoms with Gasteiger partial charge in [0.1, 0.15) is 0 Å². The molecule has 1 heterocycles. The average molecular weight is 386 g/mol. The number of hydrogen-bond acceptors (Lipinski definition) is 5. The fourth-order valence-electron chi connectivity index (χ4n) is 4.23. The molecule has 0 radical (unpaired) electrons. The maximum atomic E-state index is 10.9. The number of aliphatic hydroxyl groups excluding tert-OH is 2. The van der Waals surface area contributed by atoms with Crippen LogP contribution in [0.5, 0.6) is 11.5 Å². The molecule has 0 spiro atoms. The molecular weight excluding hydrogens is 354 g/mol. The van der Waals surface area contributed by atoms with Crippen LogP contribution in [-0.4, -0.2) is 44.5 Å². The lowest BCUT2D eigenvalue weighted by Gasteiger charge is -2.36. The Morgan fingerprint density at radius 3 is 2.21 bits per heavy atom. The van der Waals surface area contributed by atoms with Crippen molar-refractivity contribution < 1.29 is 20.4 Å². The first-order chi connectivity index (χ1) is 13.5. The number of phenolic OH excluding ortho intramolecular Hbond substituents is 2. The summed E-state index contributed by atoms with van der Waals surface area (Å²) >= 11 is 0. The first-order valence-corrected chi connectivity index (χ1v) is 10.1. The number of hydrogen-bond donors (Lipinski definition) is 4. The van der Waals surface area contributed by atoms with Gasteiger partial charge in [-0.1, -0.05) is 37.3 Å². The number of aliphatic hydroxyl groups is 2. The van der Waals surface area contributed by atoms with Crippen LogP contribution in [0.4, 0.5) is 0 Å². The molecule has 2 unspecified atom stereocenters. The highest BCUT2D eigenvalue weighted by Gasteiger charge is 2.29. The molecule has 2 aromatic carbocycles. The smallest absolute Gasteiger partial charge is 0.157 e. The molecule has 1 aliphatic rings. The Balaban J connectivity index is 1.55. The summed E-state index contributed by atoms with van der Waals surface area (Å²) in [7, 11) is 0. The first kappa shape index (κ1) is 20.6. The van der Waals surface area contributed by atoms with E-state index in [9.17, 15) is 20.4 Å². The van der Waals surface area contributed by atoms with Crippen LogP contribution < -0.4 is 0 Å². The summed E-state index contributed by atoms with van der Waals surface area (Å²) in [4.78, 5) is 2.44. The summed E-state index contributed by atoms with van der Waals surface area (Å²) in [6.45, 7) is 4.71. The van der Waals surface area contributed by atoms with Crippen LogP contribution in [0.15, 0.2) is 42.5 Å². The predicted molar refractivity (Wildman–Crippen MR) is 109 cm³/mol. The largest absolute Gasteiger partial charge is 0.504 e. The van der Waals surface area contributed by atoms with Gasteiger partial charge in [-0.2, -0.15) is 0 Å². The third-order valence-electron chi connectivity index (χ3n) is 5.96. The molecule has 0 aromatic heterocycles. The number of phenols is 2. The molecule has 152 valence electrons.